The van der Waals surface area contributed by atoms with Gasteiger partial charge in [0.05, 0.1) is 11.0 Å². The van der Waals surface area contributed by atoms with Crippen LogP contribution < -0.4 is 5.32 Å². The number of hydrogen-bond donors (Lipinski definition) is 1. The Bertz CT molecular complexity index is 572. The van der Waals surface area contributed by atoms with Crippen molar-refractivity contribution in [1.82, 2.24) is 9.97 Å². The van der Waals surface area contributed by atoms with Crippen LogP contribution in [0.1, 0.15) is 11.3 Å². The number of rotatable bonds is 5. The lowest BCUT2D eigenvalue weighted by Crippen LogP contribution is -2.07. The Kier molecular flexibility index (Phi) is 4.02. The third-order valence-corrected chi connectivity index (χ3v) is 2.68. The SMILES string of the molecule is Cc1cnc(NCCc2ccccn2)cc1[N+](=O)[O-]. The van der Waals surface area contributed by atoms with Crippen LogP contribution in [0.15, 0.2) is 36.7 Å². The maximum atomic E-state index is 10.8. The predicted octanol–water partition coefficient (Wildman–Crippen LogP) is 2.35. The van der Waals surface area contributed by atoms with Gasteiger partial charge >= 0.3 is 0 Å². The van der Waals surface area contributed by atoms with Gasteiger partial charge in [0.1, 0.15) is 5.82 Å². The molecule has 0 spiro atoms. The summed E-state index contributed by atoms with van der Waals surface area (Å²) in [5.74, 6) is 0.508. The molecule has 0 unspecified atom stereocenters. The van der Waals surface area contributed by atoms with Gasteiger partial charge in [-0.3, -0.25) is 15.1 Å². The van der Waals surface area contributed by atoms with E-state index in [4.69, 9.17) is 0 Å². The van der Waals surface area contributed by atoms with Gasteiger partial charge in [0, 0.05) is 36.6 Å². The molecule has 98 valence electrons. The Balaban J connectivity index is 1.97. The van der Waals surface area contributed by atoms with Crippen molar-refractivity contribution in [3.63, 3.8) is 0 Å². The van der Waals surface area contributed by atoms with Gasteiger partial charge in [-0.15, -0.1) is 0 Å². The van der Waals surface area contributed by atoms with Crippen molar-refractivity contribution in [1.29, 1.82) is 0 Å². The van der Waals surface area contributed by atoms with Gasteiger partial charge < -0.3 is 5.32 Å². The summed E-state index contributed by atoms with van der Waals surface area (Å²) in [4.78, 5) is 18.7. The van der Waals surface area contributed by atoms with Crippen molar-refractivity contribution in [3.05, 3.63) is 58.0 Å². The van der Waals surface area contributed by atoms with Crippen molar-refractivity contribution in [2.45, 2.75) is 13.3 Å². The first-order chi connectivity index (χ1) is 9.16. The van der Waals surface area contributed by atoms with Gasteiger partial charge in [-0.25, -0.2) is 4.98 Å². The summed E-state index contributed by atoms with van der Waals surface area (Å²) >= 11 is 0. The number of hydrogen-bond acceptors (Lipinski definition) is 5. The molecule has 2 aromatic heterocycles. The average molecular weight is 258 g/mol. The first kappa shape index (κ1) is 12.9. The molecule has 6 nitrogen and oxygen atoms in total. The van der Waals surface area contributed by atoms with E-state index in [2.05, 4.69) is 15.3 Å². The Morgan fingerprint density at radius 2 is 2.21 bits per heavy atom. The fraction of sp³-hybridized carbons (Fsp3) is 0.231. The van der Waals surface area contributed by atoms with Crippen LogP contribution in [0.3, 0.4) is 0 Å². The van der Waals surface area contributed by atoms with Crippen molar-refractivity contribution in [3.8, 4) is 0 Å². The highest BCUT2D eigenvalue weighted by atomic mass is 16.6. The van der Waals surface area contributed by atoms with Crippen LogP contribution in [0, 0.1) is 17.0 Å². The standard InChI is InChI=1S/C13H14N4O2/c1-10-9-16-13(8-12(10)17(18)19)15-7-5-11-4-2-3-6-14-11/h2-4,6,8-9H,5,7H2,1H3,(H,15,16). The molecule has 0 aliphatic rings. The number of nitrogens with zero attached hydrogens (tertiary/aromatic N) is 3. The summed E-state index contributed by atoms with van der Waals surface area (Å²) in [7, 11) is 0. The number of pyridine rings is 2. The highest BCUT2D eigenvalue weighted by Gasteiger charge is 2.11. The lowest BCUT2D eigenvalue weighted by Gasteiger charge is -2.05. The molecule has 0 radical (unpaired) electrons. The summed E-state index contributed by atoms with van der Waals surface area (Å²) in [6.45, 7) is 2.30. The summed E-state index contributed by atoms with van der Waals surface area (Å²) in [6.07, 6.45) is 3.98. The molecule has 2 heterocycles. The lowest BCUT2D eigenvalue weighted by molar-refractivity contribution is -0.385. The normalized spacial score (nSPS) is 10.2. The molecule has 2 aromatic rings. The zero-order valence-corrected chi connectivity index (χ0v) is 10.5. The van der Waals surface area contributed by atoms with Crippen molar-refractivity contribution in [2.24, 2.45) is 0 Å². The van der Waals surface area contributed by atoms with Crippen LogP contribution in [-0.4, -0.2) is 21.4 Å². The van der Waals surface area contributed by atoms with E-state index >= 15 is 0 Å². The summed E-state index contributed by atoms with van der Waals surface area (Å²) in [5, 5.41) is 13.9. The molecular weight excluding hydrogens is 244 g/mol. The molecule has 0 atom stereocenters. The fourth-order valence-corrected chi connectivity index (χ4v) is 1.67. The minimum atomic E-state index is -0.402. The second-order valence-corrected chi connectivity index (χ2v) is 4.11. The minimum absolute atomic E-state index is 0.0790. The number of nitro groups is 1. The quantitative estimate of drug-likeness (QED) is 0.657. The number of anilines is 1. The van der Waals surface area contributed by atoms with Crippen molar-refractivity contribution < 1.29 is 4.92 Å². The largest absolute Gasteiger partial charge is 0.369 e. The zero-order chi connectivity index (χ0) is 13.7. The van der Waals surface area contributed by atoms with Crippen LogP contribution >= 0.6 is 0 Å². The maximum Gasteiger partial charge on any atom is 0.277 e. The predicted molar refractivity (Wildman–Crippen MR) is 72.1 cm³/mol. The molecule has 0 bridgehead atoms. The van der Waals surface area contributed by atoms with E-state index in [1.807, 2.05) is 18.2 Å². The van der Waals surface area contributed by atoms with Crippen LogP contribution in [0.25, 0.3) is 0 Å². The summed E-state index contributed by atoms with van der Waals surface area (Å²) in [6, 6.07) is 7.18. The van der Waals surface area contributed by atoms with Crippen molar-refractivity contribution >= 4 is 11.5 Å². The van der Waals surface area contributed by atoms with Gasteiger partial charge in [0.15, 0.2) is 0 Å². The zero-order valence-electron chi connectivity index (χ0n) is 10.5. The molecule has 6 heteroatoms. The molecule has 1 N–H and O–H groups in total. The van der Waals surface area contributed by atoms with Gasteiger partial charge in [0.25, 0.3) is 5.69 Å². The van der Waals surface area contributed by atoms with Gasteiger partial charge in [0.2, 0.25) is 0 Å². The number of aromatic nitrogens is 2. The fourth-order valence-electron chi connectivity index (χ4n) is 1.67. The first-order valence-corrected chi connectivity index (χ1v) is 5.91. The number of aryl methyl sites for hydroxylation is 1. The van der Waals surface area contributed by atoms with E-state index in [1.165, 1.54) is 12.3 Å². The molecule has 0 aromatic carbocycles. The topological polar surface area (TPSA) is 81.0 Å². The second-order valence-electron chi connectivity index (χ2n) is 4.11. The van der Waals surface area contributed by atoms with Crippen LogP contribution in [0.2, 0.25) is 0 Å². The Morgan fingerprint density at radius 3 is 2.89 bits per heavy atom. The molecular formula is C13H14N4O2. The first-order valence-electron chi connectivity index (χ1n) is 5.91. The molecule has 0 saturated carbocycles. The highest BCUT2D eigenvalue weighted by molar-refractivity contribution is 5.48. The van der Waals surface area contributed by atoms with E-state index in [9.17, 15) is 10.1 Å². The van der Waals surface area contributed by atoms with E-state index in [0.29, 0.717) is 17.9 Å². The molecule has 0 aliphatic heterocycles. The van der Waals surface area contributed by atoms with Crippen LogP contribution in [0.5, 0.6) is 0 Å². The van der Waals surface area contributed by atoms with E-state index in [0.717, 1.165) is 12.1 Å². The molecule has 19 heavy (non-hydrogen) atoms. The molecule has 0 fully saturated rings. The molecule has 0 saturated heterocycles. The maximum absolute atomic E-state index is 10.8. The summed E-state index contributed by atoms with van der Waals surface area (Å²) < 4.78 is 0. The second kappa shape index (κ2) is 5.90. The monoisotopic (exact) mass is 258 g/mol. The lowest BCUT2D eigenvalue weighted by atomic mass is 10.2. The van der Waals surface area contributed by atoms with Gasteiger partial charge in [-0.2, -0.15) is 0 Å². The average Bonchev–Trinajstić information content (AvgIpc) is 2.41. The third-order valence-electron chi connectivity index (χ3n) is 2.68. The summed E-state index contributed by atoms with van der Waals surface area (Å²) in [5.41, 5.74) is 1.60. The van der Waals surface area contributed by atoms with Crippen LogP contribution in [-0.2, 0) is 6.42 Å². The van der Waals surface area contributed by atoms with E-state index < -0.39 is 4.92 Å². The minimum Gasteiger partial charge on any atom is -0.369 e. The Morgan fingerprint density at radius 1 is 1.37 bits per heavy atom. The Labute approximate surface area is 110 Å². The van der Waals surface area contributed by atoms with Crippen molar-refractivity contribution in [2.75, 3.05) is 11.9 Å². The Hall–Kier alpha value is -2.50. The van der Waals surface area contributed by atoms with Gasteiger partial charge in [-0.05, 0) is 19.1 Å². The molecule has 0 aliphatic carbocycles. The van der Waals surface area contributed by atoms with E-state index in [1.54, 1.807) is 13.1 Å². The number of nitrogens with one attached hydrogen (secondary N) is 1. The molecule has 0 amide bonds. The van der Waals surface area contributed by atoms with Crippen LogP contribution in [0.4, 0.5) is 11.5 Å². The highest BCUT2D eigenvalue weighted by Crippen LogP contribution is 2.19. The third kappa shape index (κ3) is 3.48. The van der Waals surface area contributed by atoms with Gasteiger partial charge in [-0.1, -0.05) is 6.07 Å². The van der Waals surface area contributed by atoms with E-state index in [-0.39, 0.29) is 5.69 Å². The molecule has 2 rings (SSSR count). The smallest absolute Gasteiger partial charge is 0.277 e.